The third-order valence-electron chi connectivity index (χ3n) is 5.39. The SMILES string of the molecule is Cc1nnc(CNC(=NCc2coc(-c3ccccc3)n2)NCCN2CCOCC2)n1C.I. The van der Waals surface area contributed by atoms with E-state index in [1.807, 2.05) is 48.9 Å². The summed E-state index contributed by atoms with van der Waals surface area (Å²) >= 11 is 0. The summed E-state index contributed by atoms with van der Waals surface area (Å²) in [6, 6.07) is 9.85. The Bertz CT molecular complexity index is 1010. The van der Waals surface area contributed by atoms with Gasteiger partial charge in [-0.1, -0.05) is 18.2 Å². The summed E-state index contributed by atoms with van der Waals surface area (Å²) < 4.78 is 13.0. The number of benzene rings is 1. The van der Waals surface area contributed by atoms with Crippen molar-refractivity contribution in [3.8, 4) is 11.5 Å². The second-order valence-corrected chi connectivity index (χ2v) is 7.63. The van der Waals surface area contributed by atoms with Gasteiger partial charge in [0, 0.05) is 38.8 Å². The minimum atomic E-state index is 0. The molecular formula is C22H31IN8O2. The summed E-state index contributed by atoms with van der Waals surface area (Å²) in [5.41, 5.74) is 1.72. The van der Waals surface area contributed by atoms with Crippen LogP contribution < -0.4 is 10.6 Å². The minimum absolute atomic E-state index is 0. The van der Waals surface area contributed by atoms with E-state index in [1.54, 1.807) is 6.26 Å². The van der Waals surface area contributed by atoms with E-state index in [2.05, 4.69) is 30.7 Å². The first-order valence-electron chi connectivity index (χ1n) is 10.9. The number of morpholine rings is 1. The largest absolute Gasteiger partial charge is 0.444 e. The van der Waals surface area contributed by atoms with Crippen molar-refractivity contribution in [2.75, 3.05) is 39.4 Å². The molecule has 3 heterocycles. The van der Waals surface area contributed by atoms with Gasteiger partial charge in [0.15, 0.2) is 11.8 Å². The Kier molecular flexibility index (Phi) is 9.63. The van der Waals surface area contributed by atoms with Crippen LogP contribution in [0.5, 0.6) is 0 Å². The Morgan fingerprint density at radius 3 is 2.64 bits per heavy atom. The van der Waals surface area contributed by atoms with Crippen LogP contribution in [0.1, 0.15) is 17.3 Å². The quantitative estimate of drug-likeness (QED) is 0.242. The highest BCUT2D eigenvalue weighted by molar-refractivity contribution is 14.0. The average molecular weight is 566 g/mol. The average Bonchev–Trinajstić information content (AvgIpc) is 3.44. The van der Waals surface area contributed by atoms with Gasteiger partial charge in [-0.2, -0.15) is 0 Å². The molecule has 11 heteroatoms. The van der Waals surface area contributed by atoms with Gasteiger partial charge in [0.1, 0.15) is 17.8 Å². The molecule has 2 aromatic heterocycles. The number of oxazole rings is 1. The second kappa shape index (κ2) is 12.7. The molecule has 0 unspecified atom stereocenters. The van der Waals surface area contributed by atoms with Crippen LogP contribution >= 0.6 is 24.0 Å². The second-order valence-electron chi connectivity index (χ2n) is 7.63. The normalized spacial score (nSPS) is 14.7. The zero-order valence-electron chi connectivity index (χ0n) is 19.0. The predicted molar refractivity (Wildman–Crippen MR) is 136 cm³/mol. The number of nitrogens with one attached hydrogen (secondary N) is 2. The standard InChI is InChI=1S/C22H30N8O2.HI/c1-17-27-28-20(29(17)2)15-25-22(23-8-9-30-10-12-31-13-11-30)24-14-19-16-32-21(26-19)18-6-4-3-5-7-18;/h3-7,16H,8-15H2,1-2H3,(H2,23,24,25);1H. The third kappa shape index (κ3) is 7.24. The lowest BCUT2D eigenvalue weighted by Gasteiger charge is -2.26. The number of aryl methyl sites for hydroxylation is 1. The summed E-state index contributed by atoms with van der Waals surface area (Å²) in [5, 5.41) is 15.1. The molecule has 1 fully saturated rings. The Balaban J connectivity index is 0.00000306. The molecule has 178 valence electrons. The smallest absolute Gasteiger partial charge is 0.226 e. The molecule has 33 heavy (non-hydrogen) atoms. The molecule has 0 aliphatic carbocycles. The van der Waals surface area contributed by atoms with Crippen molar-refractivity contribution in [2.45, 2.75) is 20.0 Å². The number of aliphatic imine (C=N–C) groups is 1. The Morgan fingerprint density at radius 2 is 1.91 bits per heavy atom. The van der Waals surface area contributed by atoms with E-state index in [0.29, 0.717) is 24.9 Å². The van der Waals surface area contributed by atoms with Gasteiger partial charge in [0.2, 0.25) is 5.89 Å². The fraction of sp³-hybridized carbons (Fsp3) is 0.455. The molecule has 10 nitrogen and oxygen atoms in total. The van der Waals surface area contributed by atoms with E-state index in [1.165, 1.54) is 0 Å². The van der Waals surface area contributed by atoms with E-state index in [0.717, 1.165) is 62.3 Å². The third-order valence-corrected chi connectivity index (χ3v) is 5.39. The maximum atomic E-state index is 5.63. The van der Waals surface area contributed by atoms with Gasteiger partial charge >= 0.3 is 0 Å². The van der Waals surface area contributed by atoms with Gasteiger partial charge in [-0.15, -0.1) is 34.2 Å². The first kappa shape index (κ1) is 25.1. The van der Waals surface area contributed by atoms with Crippen molar-refractivity contribution in [3.63, 3.8) is 0 Å². The highest BCUT2D eigenvalue weighted by atomic mass is 127. The monoisotopic (exact) mass is 566 g/mol. The summed E-state index contributed by atoms with van der Waals surface area (Å²) in [6.07, 6.45) is 1.66. The molecule has 0 spiro atoms. The van der Waals surface area contributed by atoms with Crippen molar-refractivity contribution < 1.29 is 9.15 Å². The number of rotatable bonds is 8. The molecule has 4 rings (SSSR count). The fourth-order valence-electron chi connectivity index (χ4n) is 3.35. The molecular weight excluding hydrogens is 535 g/mol. The number of ether oxygens (including phenoxy) is 1. The highest BCUT2D eigenvalue weighted by Gasteiger charge is 2.11. The molecule has 0 atom stereocenters. The van der Waals surface area contributed by atoms with Crippen LogP contribution in [-0.4, -0.2) is 70.0 Å². The van der Waals surface area contributed by atoms with E-state index in [4.69, 9.17) is 14.1 Å². The molecule has 1 aliphatic heterocycles. The number of hydrogen-bond acceptors (Lipinski definition) is 7. The molecule has 0 radical (unpaired) electrons. The van der Waals surface area contributed by atoms with Gasteiger partial charge in [-0.3, -0.25) is 4.90 Å². The maximum Gasteiger partial charge on any atom is 0.226 e. The molecule has 3 aromatic rings. The maximum absolute atomic E-state index is 5.63. The van der Waals surface area contributed by atoms with E-state index >= 15 is 0 Å². The molecule has 0 bridgehead atoms. The van der Waals surface area contributed by atoms with Crippen LogP contribution in [0.4, 0.5) is 0 Å². The molecule has 0 saturated carbocycles. The summed E-state index contributed by atoms with van der Waals surface area (Å²) in [6.45, 7) is 8.06. The topological polar surface area (TPSA) is 106 Å². The molecule has 2 N–H and O–H groups in total. The van der Waals surface area contributed by atoms with Gasteiger partial charge in [0.25, 0.3) is 0 Å². The van der Waals surface area contributed by atoms with Crippen LogP contribution in [0.15, 0.2) is 46.0 Å². The molecule has 0 amide bonds. The lowest BCUT2D eigenvalue weighted by atomic mass is 10.2. The van der Waals surface area contributed by atoms with E-state index in [9.17, 15) is 0 Å². The van der Waals surface area contributed by atoms with Crippen molar-refractivity contribution in [1.82, 2.24) is 35.3 Å². The van der Waals surface area contributed by atoms with Gasteiger partial charge in [-0.25, -0.2) is 9.98 Å². The molecule has 1 aliphatic rings. The van der Waals surface area contributed by atoms with Gasteiger partial charge < -0.3 is 24.4 Å². The summed E-state index contributed by atoms with van der Waals surface area (Å²) in [4.78, 5) is 11.6. The van der Waals surface area contributed by atoms with Gasteiger partial charge in [0.05, 0.1) is 26.3 Å². The van der Waals surface area contributed by atoms with E-state index in [-0.39, 0.29) is 24.0 Å². The Morgan fingerprint density at radius 1 is 1.12 bits per heavy atom. The van der Waals surface area contributed by atoms with Crippen LogP contribution in [0.3, 0.4) is 0 Å². The zero-order valence-corrected chi connectivity index (χ0v) is 21.4. The lowest BCUT2D eigenvalue weighted by molar-refractivity contribution is 0.0389. The predicted octanol–water partition coefficient (Wildman–Crippen LogP) is 1.96. The van der Waals surface area contributed by atoms with Crippen LogP contribution in [-0.2, 0) is 24.9 Å². The zero-order chi connectivity index (χ0) is 22.2. The summed E-state index contributed by atoms with van der Waals surface area (Å²) in [5.74, 6) is 3.01. The first-order valence-corrected chi connectivity index (χ1v) is 10.9. The molecule has 1 aromatic carbocycles. The number of halogens is 1. The van der Waals surface area contributed by atoms with Crippen LogP contribution in [0.25, 0.3) is 11.5 Å². The van der Waals surface area contributed by atoms with E-state index < -0.39 is 0 Å². The number of guanidine groups is 1. The first-order chi connectivity index (χ1) is 15.7. The molecule has 1 saturated heterocycles. The fourth-order valence-corrected chi connectivity index (χ4v) is 3.35. The number of nitrogens with zero attached hydrogens (tertiary/aromatic N) is 6. The van der Waals surface area contributed by atoms with Crippen molar-refractivity contribution in [2.24, 2.45) is 12.0 Å². The lowest BCUT2D eigenvalue weighted by Crippen LogP contribution is -2.44. The van der Waals surface area contributed by atoms with Crippen LogP contribution in [0, 0.1) is 6.92 Å². The number of hydrogen-bond donors (Lipinski definition) is 2. The van der Waals surface area contributed by atoms with Crippen molar-refractivity contribution in [3.05, 3.63) is 53.9 Å². The summed E-state index contributed by atoms with van der Waals surface area (Å²) in [7, 11) is 1.95. The number of aromatic nitrogens is 4. The van der Waals surface area contributed by atoms with Crippen molar-refractivity contribution >= 4 is 29.9 Å². The van der Waals surface area contributed by atoms with Gasteiger partial charge in [-0.05, 0) is 19.1 Å². The Labute approximate surface area is 210 Å². The van der Waals surface area contributed by atoms with Crippen LogP contribution in [0.2, 0.25) is 0 Å². The van der Waals surface area contributed by atoms with Crippen molar-refractivity contribution in [1.29, 1.82) is 0 Å². The Hall–Kier alpha value is -2.51. The minimum Gasteiger partial charge on any atom is -0.444 e. The highest BCUT2D eigenvalue weighted by Crippen LogP contribution is 2.18.